The molecule has 0 aliphatic carbocycles. The van der Waals surface area contributed by atoms with Gasteiger partial charge in [0, 0.05) is 12.4 Å². The van der Waals surface area contributed by atoms with Gasteiger partial charge in [-0.15, -0.1) is 0 Å². The Morgan fingerprint density at radius 1 is 0.882 bits per heavy atom. The van der Waals surface area contributed by atoms with Crippen molar-refractivity contribution in [3.63, 3.8) is 0 Å². The first-order valence-corrected chi connectivity index (χ1v) is 5.96. The van der Waals surface area contributed by atoms with E-state index in [0.29, 0.717) is 0 Å². The van der Waals surface area contributed by atoms with Gasteiger partial charge in [-0.3, -0.25) is 9.59 Å². The van der Waals surface area contributed by atoms with Crippen LogP contribution in [0.25, 0.3) is 0 Å². The summed E-state index contributed by atoms with van der Waals surface area (Å²) in [5, 5.41) is 5.83. The van der Waals surface area contributed by atoms with Gasteiger partial charge in [-0.1, -0.05) is 13.2 Å². The van der Waals surface area contributed by atoms with Crippen LogP contribution < -0.4 is 10.6 Å². The van der Waals surface area contributed by atoms with Crippen LogP contribution in [0.4, 0.5) is 0 Å². The summed E-state index contributed by atoms with van der Waals surface area (Å²) in [6.45, 7) is 6.38. The minimum Gasteiger partial charge on any atom is -0.328 e. The highest BCUT2D eigenvalue weighted by molar-refractivity contribution is 7.97. The van der Waals surface area contributed by atoms with Crippen molar-refractivity contribution in [1.29, 1.82) is 0 Å². The summed E-state index contributed by atoms with van der Waals surface area (Å²) in [5.74, 6) is -1.05. The van der Waals surface area contributed by atoms with Crippen LogP contribution in [-0.2, 0) is 19.4 Å². The zero-order valence-electron chi connectivity index (χ0n) is 8.92. The molecule has 7 heteroatoms. The monoisotopic (exact) mass is 256 g/mol. The second kappa shape index (κ2) is 7.18. The molecule has 0 unspecified atom stereocenters. The molecule has 0 saturated carbocycles. The van der Waals surface area contributed by atoms with Crippen molar-refractivity contribution in [3.8, 4) is 0 Å². The van der Waals surface area contributed by atoms with Crippen molar-refractivity contribution in [2.24, 2.45) is 0 Å². The molecule has 0 aromatic heterocycles. The van der Waals surface area contributed by atoms with Gasteiger partial charge in [0.1, 0.15) is 0 Å². The standard InChI is InChI=1S/C10H12N2O4S/c1-3-9(13)11-5-7-17(15,16)8-6-12-10(14)4-2/h3-8H,1-2H2,(H,11,13)(H,12,14). The number of carbonyl (C=O) groups is 2. The molecule has 0 radical (unpaired) electrons. The molecule has 6 nitrogen and oxygen atoms in total. The second-order valence-corrected chi connectivity index (χ2v) is 4.34. The molecular formula is C10H12N2O4S. The summed E-state index contributed by atoms with van der Waals surface area (Å²) in [4.78, 5) is 21.4. The molecule has 0 bridgehead atoms. The SMILES string of the molecule is C=CC(=O)NC=CS(=O)(=O)C=CNC(=O)C=C. The largest absolute Gasteiger partial charge is 0.328 e. The Morgan fingerprint density at radius 2 is 1.24 bits per heavy atom. The van der Waals surface area contributed by atoms with Crippen LogP contribution in [0, 0.1) is 0 Å². The van der Waals surface area contributed by atoms with E-state index in [1.54, 1.807) is 0 Å². The second-order valence-electron chi connectivity index (χ2n) is 2.62. The number of carbonyl (C=O) groups excluding carboxylic acids is 2. The average Bonchev–Trinajstić information content (AvgIpc) is 2.27. The van der Waals surface area contributed by atoms with Crippen molar-refractivity contribution >= 4 is 21.7 Å². The molecule has 0 heterocycles. The molecule has 17 heavy (non-hydrogen) atoms. The first-order chi connectivity index (χ1) is 7.91. The molecule has 0 aliphatic rings. The zero-order valence-corrected chi connectivity index (χ0v) is 9.74. The lowest BCUT2D eigenvalue weighted by molar-refractivity contribution is -0.116. The molecule has 2 amide bonds. The molecule has 0 aromatic carbocycles. The lowest BCUT2D eigenvalue weighted by atomic mass is 10.6. The highest BCUT2D eigenvalue weighted by atomic mass is 32.2. The Labute approximate surface area is 99.3 Å². The highest BCUT2D eigenvalue weighted by Gasteiger charge is 1.99. The van der Waals surface area contributed by atoms with Gasteiger partial charge in [0.05, 0.1) is 10.8 Å². The Hall–Kier alpha value is -2.15. The minimum absolute atomic E-state index is 0.527. The fourth-order valence-corrected chi connectivity index (χ4v) is 1.19. The third-order valence-corrected chi connectivity index (χ3v) is 2.37. The van der Waals surface area contributed by atoms with Gasteiger partial charge in [0.2, 0.25) is 11.8 Å². The summed E-state index contributed by atoms with van der Waals surface area (Å²) in [7, 11) is -3.65. The maximum Gasteiger partial charge on any atom is 0.247 e. The Kier molecular flexibility index (Phi) is 6.27. The van der Waals surface area contributed by atoms with E-state index in [0.717, 1.165) is 35.4 Å². The molecule has 0 aromatic rings. The summed E-state index contributed by atoms with van der Waals surface area (Å²) in [5.41, 5.74) is 0. The van der Waals surface area contributed by atoms with Crippen molar-refractivity contribution < 1.29 is 18.0 Å². The van der Waals surface area contributed by atoms with E-state index < -0.39 is 21.7 Å². The normalized spacial score (nSPS) is 11.3. The van der Waals surface area contributed by atoms with E-state index in [4.69, 9.17) is 0 Å². The Bertz CT molecular complexity index is 437. The fraction of sp³-hybridized carbons (Fsp3) is 0. The van der Waals surface area contributed by atoms with Crippen LogP contribution in [-0.4, -0.2) is 20.2 Å². The molecule has 0 aliphatic heterocycles. The Balaban J connectivity index is 4.39. The van der Waals surface area contributed by atoms with E-state index in [-0.39, 0.29) is 0 Å². The van der Waals surface area contributed by atoms with Crippen LogP contribution in [0.2, 0.25) is 0 Å². The van der Waals surface area contributed by atoms with Crippen LogP contribution >= 0.6 is 0 Å². The lowest BCUT2D eigenvalue weighted by Crippen LogP contribution is -2.14. The average molecular weight is 256 g/mol. The third-order valence-electron chi connectivity index (χ3n) is 1.34. The number of rotatable bonds is 6. The topological polar surface area (TPSA) is 92.3 Å². The Morgan fingerprint density at radius 3 is 1.53 bits per heavy atom. The minimum atomic E-state index is -3.65. The van der Waals surface area contributed by atoms with Gasteiger partial charge in [-0.05, 0) is 12.2 Å². The maximum atomic E-state index is 11.2. The predicted molar refractivity (Wildman–Crippen MR) is 63.9 cm³/mol. The zero-order chi connectivity index (χ0) is 13.3. The quantitative estimate of drug-likeness (QED) is 0.652. The van der Waals surface area contributed by atoms with E-state index in [1.807, 2.05) is 0 Å². The predicted octanol–water partition coefficient (Wildman–Crippen LogP) is -0.0520. The van der Waals surface area contributed by atoms with Gasteiger partial charge in [-0.25, -0.2) is 8.42 Å². The summed E-state index contributed by atoms with van der Waals surface area (Å²) < 4.78 is 22.5. The van der Waals surface area contributed by atoms with Gasteiger partial charge < -0.3 is 10.6 Å². The van der Waals surface area contributed by atoms with Crippen molar-refractivity contribution in [1.82, 2.24) is 10.6 Å². The number of hydrogen-bond acceptors (Lipinski definition) is 4. The van der Waals surface area contributed by atoms with E-state index >= 15 is 0 Å². The molecule has 2 N–H and O–H groups in total. The first kappa shape index (κ1) is 14.8. The smallest absolute Gasteiger partial charge is 0.247 e. The van der Waals surface area contributed by atoms with Crippen LogP contribution in [0.15, 0.2) is 48.5 Å². The fourth-order valence-electron chi connectivity index (χ4n) is 0.585. The highest BCUT2D eigenvalue weighted by Crippen LogP contribution is 1.93. The maximum absolute atomic E-state index is 11.2. The van der Waals surface area contributed by atoms with Crippen molar-refractivity contribution in [2.75, 3.05) is 0 Å². The summed E-state index contributed by atoms with van der Waals surface area (Å²) >= 11 is 0. The van der Waals surface area contributed by atoms with E-state index in [9.17, 15) is 18.0 Å². The third kappa shape index (κ3) is 7.74. The lowest BCUT2D eigenvalue weighted by Gasteiger charge is -1.93. The summed E-state index contributed by atoms with van der Waals surface area (Å²) in [6.07, 6.45) is 3.91. The molecule has 0 saturated heterocycles. The van der Waals surface area contributed by atoms with Crippen LogP contribution in [0.1, 0.15) is 0 Å². The van der Waals surface area contributed by atoms with Crippen molar-refractivity contribution in [2.45, 2.75) is 0 Å². The van der Waals surface area contributed by atoms with E-state index in [1.165, 1.54) is 0 Å². The molecule has 0 fully saturated rings. The molecular weight excluding hydrogens is 244 g/mol. The summed E-state index contributed by atoms with van der Waals surface area (Å²) in [6, 6.07) is 0. The van der Waals surface area contributed by atoms with Gasteiger partial charge in [-0.2, -0.15) is 0 Å². The van der Waals surface area contributed by atoms with Gasteiger partial charge in [0.25, 0.3) is 0 Å². The van der Waals surface area contributed by atoms with E-state index in [2.05, 4.69) is 23.8 Å². The van der Waals surface area contributed by atoms with Crippen LogP contribution in [0.3, 0.4) is 0 Å². The van der Waals surface area contributed by atoms with Crippen LogP contribution in [0.5, 0.6) is 0 Å². The molecule has 92 valence electrons. The number of sulfone groups is 1. The first-order valence-electron chi connectivity index (χ1n) is 4.35. The number of amides is 2. The number of nitrogens with one attached hydrogen (secondary N) is 2. The van der Waals surface area contributed by atoms with Crippen molar-refractivity contribution in [3.05, 3.63) is 48.5 Å². The molecule has 0 rings (SSSR count). The number of hydrogen-bond donors (Lipinski definition) is 2. The van der Waals surface area contributed by atoms with Gasteiger partial charge in [0.15, 0.2) is 9.84 Å². The molecule has 0 atom stereocenters. The van der Waals surface area contributed by atoms with Gasteiger partial charge >= 0.3 is 0 Å². The molecule has 0 spiro atoms.